The van der Waals surface area contributed by atoms with Gasteiger partial charge in [0.1, 0.15) is 0 Å². The molecule has 0 aliphatic heterocycles. The molecule has 0 atom stereocenters. The van der Waals surface area contributed by atoms with E-state index >= 15 is 0 Å². The van der Waals surface area contributed by atoms with Crippen LogP contribution in [0.5, 0.6) is 11.5 Å². The van der Waals surface area contributed by atoms with E-state index in [1.54, 1.807) is 25.6 Å². The molecule has 1 aromatic carbocycles. The normalized spacial score (nSPS) is 10.0. The van der Waals surface area contributed by atoms with Crippen molar-refractivity contribution in [3.63, 3.8) is 0 Å². The van der Waals surface area contributed by atoms with E-state index in [-0.39, 0.29) is 18.3 Å². The van der Waals surface area contributed by atoms with Crippen LogP contribution in [0, 0.1) is 0 Å². The third-order valence-electron chi connectivity index (χ3n) is 3.78. The van der Waals surface area contributed by atoms with E-state index in [9.17, 15) is 4.79 Å². The van der Waals surface area contributed by atoms with Crippen LogP contribution >= 0.6 is 23.7 Å². The van der Waals surface area contributed by atoms with E-state index in [0.29, 0.717) is 37.6 Å². The number of methoxy groups -OCH3 is 2. The molecule has 1 aromatic heterocycles. The fourth-order valence-corrected chi connectivity index (χ4v) is 3.14. The lowest BCUT2D eigenvalue weighted by Gasteiger charge is -2.22. The number of nitrogens with two attached hydrogens (primary N) is 1. The van der Waals surface area contributed by atoms with Crippen molar-refractivity contribution in [2.24, 2.45) is 5.73 Å². The Labute approximate surface area is 159 Å². The van der Waals surface area contributed by atoms with Crippen molar-refractivity contribution in [1.82, 2.24) is 4.90 Å². The zero-order valence-corrected chi connectivity index (χ0v) is 16.2. The highest BCUT2D eigenvalue weighted by Crippen LogP contribution is 2.27. The van der Waals surface area contributed by atoms with E-state index in [1.165, 1.54) is 0 Å². The predicted octanol–water partition coefficient (Wildman–Crippen LogP) is 3.11. The number of benzene rings is 1. The fraction of sp³-hybridized carbons (Fsp3) is 0.389. The summed E-state index contributed by atoms with van der Waals surface area (Å²) in [5.74, 6) is 1.49. The van der Waals surface area contributed by atoms with Gasteiger partial charge >= 0.3 is 0 Å². The highest BCUT2D eigenvalue weighted by Gasteiger charge is 2.14. The second-order valence-corrected chi connectivity index (χ2v) is 6.20. The quantitative estimate of drug-likeness (QED) is 0.721. The predicted molar refractivity (Wildman–Crippen MR) is 104 cm³/mol. The van der Waals surface area contributed by atoms with Crippen LogP contribution in [-0.4, -0.2) is 38.1 Å². The number of halogens is 1. The summed E-state index contributed by atoms with van der Waals surface area (Å²) >= 11 is 1.64. The van der Waals surface area contributed by atoms with Gasteiger partial charge in [-0.1, -0.05) is 6.07 Å². The summed E-state index contributed by atoms with van der Waals surface area (Å²) in [4.78, 5) is 14.2. The monoisotopic (exact) mass is 384 g/mol. The summed E-state index contributed by atoms with van der Waals surface area (Å²) in [5, 5.41) is 4.09. The Morgan fingerprint density at radius 2 is 1.92 bits per heavy atom. The van der Waals surface area contributed by atoms with Gasteiger partial charge in [-0.25, -0.2) is 0 Å². The largest absolute Gasteiger partial charge is 0.493 e. The fourth-order valence-electron chi connectivity index (χ4n) is 2.48. The first-order valence-corrected chi connectivity index (χ1v) is 8.82. The average molecular weight is 385 g/mol. The summed E-state index contributed by atoms with van der Waals surface area (Å²) in [5.41, 5.74) is 7.79. The Morgan fingerprint density at radius 3 is 2.52 bits per heavy atom. The van der Waals surface area contributed by atoms with Crippen molar-refractivity contribution in [3.05, 3.63) is 46.2 Å². The summed E-state index contributed by atoms with van der Waals surface area (Å²) in [7, 11) is 3.24. The minimum atomic E-state index is 0. The smallest absolute Gasteiger partial charge is 0.224 e. The molecule has 5 nitrogen and oxygen atoms in total. The van der Waals surface area contributed by atoms with Gasteiger partial charge in [0.15, 0.2) is 11.5 Å². The van der Waals surface area contributed by atoms with Gasteiger partial charge in [0.05, 0.1) is 14.2 Å². The van der Waals surface area contributed by atoms with Crippen molar-refractivity contribution >= 4 is 29.7 Å². The number of nitrogens with zero attached hydrogens (tertiary/aromatic N) is 1. The minimum absolute atomic E-state index is 0. The lowest BCUT2D eigenvalue weighted by molar-refractivity contribution is -0.131. The molecule has 2 aromatic rings. The van der Waals surface area contributed by atoms with Crippen molar-refractivity contribution < 1.29 is 14.3 Å². The molecule has 0 unspecified atom stereocenters. The highest BCUT2D eigenvalue weighted by atomic mass is 35.5. The number of rotatable bonds is 9. The molecule has 7 heteroatoms. The van der Waals surface area contributed by atoms with Gasteiger partial charge in [-0.3, -0.25) is 4.79 Å². The Balaban J connectivity index is 0.00000312. The number of hydrogen-bond donors (Lipinski definition) is 1. The first-order valence-electron chi connectivity index (χ1n) is 7.87. The van der Waals surface area contributed by atoms with Gasteiger partial charge in [0, 0.05) is 26.1 Å². The van der Waals surface area contributed by atoms with Gasteiger partial charge in [0.2, 0.25) is 5.91 Å². The minimum Gasteiger partial charge on any atom is -0.493 e. The Kier molecular flexibility index (Phi) is 9.34. The molecule has 0 saturated heterocycles. The maximum absolute atomic E-state index is 12.3. The summed E-state index contributed by atoms with van der Waals surface area (Å²) in [6.45, 7) is 1.63. The van der Waals surface area contributed by atoms with Crippen molar-refractivity contribution in [2.75, 3.05) is 27.3 Å². The maximum Gasteiger partial charge on any atom is 0.224 e. The van der Waals surface area contributed by atoms with Gasteiger partial charge < -0.3 is 20.1 Å². The standard InChI is InChI=1S/C18H24N2O3S.ClH/c1-22-16-4-3-14(11-17(16)23-2)6-9-20(18(21)5-8-19)12-15-7-10-24-13-15;/h3-4,7,10-11,13H,5-6,8-9,12,19H2,1-2H3;1H. The summed E-state index contributed by atoms with van der Waals surface area (Å²) < 4.78 is 10.6. The molecule has 25 heavy (non-hydrogen) atoms. The SMILES string of the molecule is COc1ccc(CCN(Cc2ccsc2)C(=O)CCN)cc1OC.Cl. The molecule has 0 radical (unpaired) electrons. The van der Waals surface area contributed by atoms with Crippen molar-refractivity contribution in [3.8, 4) is 11.5 Å². The zero-order chi connectivity index (χ0) is 17.4. The van der Waals surface area contributed by atoms with Crippen LogP contribution in [0.1, 0.15) is 17.5 Å². The zero-order valence-electron chi connectivity index (χ0n) is 14.6. The van der Waals surface area contributed by atoms with Crippen LogP contribution in [0.3, 0.4) is 0 Å². The molecule has 0 aliphatic carbocycles. The third-order valence-corrected chi connectivity index (χ3v) is 4.51. The number of carbonyl (C=O) groups is 1. The summed E-state index contributed by atoms with van der Waals surface area (Å²) in [6.07, 6.45) is 1.12. The first-order chi connectivity index (χ1) is 11.7. The average Bonchev–Trinajstić information content (AvgIpc) is 3.11. The number of thiophene rings is 1. The van der Waals surface area contributed by atoms with Crippen LogP contribution < -0.4 is 15.2 Å². The van der Waals surface area contributed by atoms with Gasteiger partial charge in [-0.2, -0.15) is 11.3 Å². The topological polar surface area (TPSA) is 64.8 Å². The van der Waals surface area contributed by atoms with E-state index in [4.69, 9.17) is 15.2 Å². The molecule has 2 rings (SSSR count). The van der Waals surface area contributed by atoms with E-state index in [1.807, 2.05) is 34.5 Å². The first kappa shape index (κ1) is 21.3. The van der Waals surface area contributed by atoms with Crippen LogP contribution in [0.4, 0.5) is 0 Å². The van der Waals surface area contributed by atoms with Gasteiger partial charge in [0.25, 0.3) is 0 Å². The number of ether oxygens (including phenoxy) is 2. The van der Waals surface area contributed by atoms with E-state index in [0.717, 1.165) is 17.5 Å². The van der Waals surface area contributed by atoms with Gasteiger partial charge in [-0.05, 0) is 46.5 Å². The van der Waals surface area contributed by atoms with E-state index in [2.05, 4.69) is 5.38 Å². The second kappa shape index (κ2) is 11.0. The van der Waals surface area contributed by atoms with Gasteiger partial charge in [-0.15, -0.1) is 12.4 Å². The van der Waals surface area contributed by atoms with Crippen LogP contribution in [-0.2, 0) is 17.8 Å². The van der Waals surface area contributed by atoms with Crippen molar-refractivity contribution in [2.45, 2.75) is 19.4 Å². The molecule has 1 amide bonds. The number of hydrogen-bond acceptors (Lipinski definition) is 5. The second-order valence-electron chi connectivity index (χ2n) is 5.42. The lowest BCUT2D eigenvalue weighted by Crippen LogP contribution is -2.33. The molecule has 0 saturated carbocycles. The number of amides is 1. The lowest BCUT2D eigenvalue weighted by atomic mass is 10.1. The maximum atomic E-state index is 12.3. The van der Waals surface area contributed by atoms with Crippen LogP contribution in [0.15, 0.2) is 35.0 Å². The molecular formula is C18H25ClN2O3S. The molecule has 0 aliphatic rings. The van der Waals surface area contributed by atoms with E-state index < -0.39 is 0 Å². The molecule has 138 valence electrons. The third kappa shape index (κ3) is 6.23. The molecular weight excluding hydrogens is 360 g/mol. The molecule has 0 spiro atoms. The molecule has 2 N–H and O–H groups in total. The highest BCUT2D eigenvalue weighted by molar-refractivity contribution is 7.07. The van der Waals surface area contributed by atoms with Crippen LogP contribution in [0.2, 0.25) is 0 Å². The van der Waals surface area contributed by atoms with Crippen LogP contribution in [0.25, 0.3) is 0 Å². The molecule has 0 bridgehead atoms. The number of carbonyl (C=O) groups excluding carboxylic acids is 1. The Bertz CT molecular complexity index is 650. The van der Waals surface area contributed by atoms with Crippen molar-refractivity contribution in [1.29, 1.82) is 0 Å². The Morgan fingerprint density at radius 1 is 1.16 bits per heavy atom. The summed E-state index contributed by atoms with van der Waals surface area (Å²) in [6, 6.07) is 7.88. The molecule has 1 heterocycles. The Hall–Kier alpha value is -1.76. The molecule has 0 fully saturated rings.